The number of hydrogen-bond acceptors (Lipinski definition) is 4. The molecule has 1 aromatic carbocycles. The average Bonchev–Trinajstić information content (AvgIpc) is 3.33. The molecule has 0 bridgehead atoms. The van der Waals surface area contributed by atoms with Crippen molar-refractivity contribution in [3.05, 3.63) is 42.5 Å². The van der Waals surface area contributed by atoms with Gasteiger partial charge in [-0.2, -0.15) is 0 Å². The van der Waals surface area contributed by atoms with E-state index in [0.717, 1.165) is 29.8 Å². The number of amides is 1. The highest BCUT2D eigenvalue weighted by molar-refractivity contribution is 6.62. The molecule has 7 nitrogen and oxygen atoms in total. The molecule has 0 spiro atoms. The van der Waals surface area contributed by atoms with E-state index in [9.17, 15) is 9.90 Å². The van der Waals surface area contributed by atoms with E-state index in [4.69, 9.17) is 9.31 Å². The van der Waals surface area contributed by atoms with Crippen LogP contribution in [-0.2, 0) is 9.31 Å². The molecule has 0 radical (unpaired) electrons. The van der Waals surface area contributed by atoms with Crippen LogP contribution < -0.4 is 5.46 Å². The van der Waals surface area contributed by atoms with Crippen LogP contribution in [0.5, 0.6) is 0 Å². The average molecular weight is 383 g/mol. The summed E-state index contributed by atoms with van der Waals surface area (Å²) in [6.07, 6.45) is 4.33. The number of carboxylic acid groups (broad SMARTS) is 1. The zero-order valence-electron chi connectivity index (χ0n) is 16.8. The predicted molar refractivity (Wildman–Crippen MR) is 106 cm³/mol. The zero-order valence-corrected chi connectivity index (χ0v) is 16.8. The third kappa shape index (κ3) is 3.10. The fourth-order valence-electron chi connectivity index (χ4n) is 3.82. The Morgan fingerprint density at radius 2 is 1.82 bits per heavy atom. The van der Waals surface area contributed by atoms with Gasteiger partial charge >= 0.3 is 13.2 Å². The topological polar surface area (TPSA) is 76.8 Å². The molecular weight excluding hydrogens is 357 g/mol. The van der Waals surface area contributed by atoms with Crippen molar-refractivity contribution in [2.45, 2.75) is 57.8 Å². The molecule has 2 aliphatic heterocycles. The van der Waals surface area contributed by atoms with Crippen LogP contribution in [0.3, 0.4) is 0 Å². The van der Waals surface area contributed by atoms with E-state index < -0.39 is 13.2 Å². The van der Waals surface area contributed by atoms with Gasteiger partial charge in [0.25, 0.3) is 0 Å². The Balaban J connectivity index is 1.58. The van der Waals surface area contributed by atoms with Crippen LogP contribution in [0.2, 0.25) is 0 Å². The molecule has 0 saturated carbocycles. The minimum atomic E-state index is -0.895. The lowest BCUT2D eigenvalue weighted by Gasteiger charge is -2.32. The lowest BCUT2D eigenvalue weighted by atomic mass is 9.79. The van der Waals surface area contributed by atoms with E-state index in [1.165, 1.54) is 4.90 Å². The Kier molecular flexibility index (Phi) is 4.51. The number of aromatic nitrogens is 2. The smallest absolute Gasteiger partial charge is 0.465 e. The van der Waals surface area contributed by atoms with Crippen molar-refractivity contribution in [1.29, 1.82) is 0 Å². The first-order chi connectivity index (χ1) is 13.2. The monoisotopic (exact) mass is 383 g/mol. The summed E-state index contributed by atoms with van der Waals surface area (Å²) in [5.74, 6) is 0.753. The Morgan fingerprint density at radius 1 is 1.18 bits per heavy atom. The van der Waals surface area contributed by atoms with Crippen LogP contribution >= 0.6 is 0 Å². The SMILES string of the molecule is CC1(C)OB(c2ccc(-n3ccnc3[C@@H]3CCCN3C(=O)O)cc2)OC1(C)C. The van der Waals surface area contributed by atoms with Crippen LogP contribution in [0, 0.1) is 0 Å². The molecule has 3 heterocycles. The lowest BCUT2D eigenvalue weighted by Crippen LogP contribution is -2.41. The van der Waals surface area contributed by atoms with Crippen molar-refractivity contribution >= 4 is 18.7 Å². The van der Waals surface area contributed by atoms with Crippen LogP contribution in [0.4, 0.5) is 4.79 Å². The van der Waals surface area contributed by atoms with Crippen LogP contribution in [0.1, 0.15) is 52.4 Å². The maximum atomic E-state index is 11.5. The second kappa shape index (κ2) is 6.63. The molecular formula is C20H26BN3O4. The minimum absolute atomic E-state index is 0.213. The van der Waals surface area contributed by atoms with Gasteiger partial charge in [-0.15, -0.1) is 0 Å². The fraction of sp³-hybridized carbons (Fsp3) is 0.500. The van der Waals surface area contributed by atoms with Gasteiger partial charge in [0, 0.05) is 24.6 Å². The molecule has 1 atom stereocenters. The van der Waals surface area contributed by atoms with Crippen molar-refractivity contribution in [2.75, 3.05) is 6.54 Å². The number of carbonyl (C=O) groups is 1. The second-order valence-electron chi connectivity index (χ2n) is 8.47. The number of hydrogen-bond donors (Lipinski definition) is 1. The van der Waals surface area contributed by atoms with Gasteiger partial charge in [0.2, 0.25) is 0 Å². The predicted octanol–water partition coefficient (Wildman–Crippen LogP) is 2.99. The molecule has 0 unspecified atom stereocenters. The van der Waals surface area contributed by atoms with Crippen LogP contribution in [-0.4, -0.2) is 50.5 Å². The summed E-state index contributed by atoms with van der Waals surface area (Å²) in [5.41, 5.74) is 1.13. The van der Waals surface area contributed by atoms with E-state index in [1.807, 2.05) is 62.7 Å². The number of benzene rings is 1. The lowest BCUT2D eigenvalue weighted by molar-refractivity contribution is 0.00578. The number of rotatable bonds is 3. The molecule has 4 rings (SSSR count). The molecule has 2 fully saturated rings. The molecule has 28 heavy (non-hydrogen) atoms. The van der Waals surface area contributed by atoms with Gasteiger partial charge in [-0.25, -0.2) is 9.78 Å². The van der Waals surface area contributed by atoms with Gasteiger partial charge in [0.15, 0.2) is 0 Å². The molecule has 1 amide bonds. The first kappa shape index (κ1) is 19.0. The van der Waals surface area contributed by atoms with Gasteiger partial charge in [-0.1, -0.05) is 12.1 Å². The summed E-state index contributed by atoms with van der Waals surface area (Å²) in [7, 11) is -0.404. The van der Waals surface area contributed by atoms with E-state index >= 15 is 0 Å². The van der Waals surface area contributed by atoms with Gasteiger partial charge in [-0.3, -0.25) is 4.90 Å². The quantitative estimate of drug-likeness (QED) is 0.825. The van der Waals surface area contributed by atoms with Crippen molar-refractivity contribution < 1.29 is 19.2 Å². The van der Waals surface area contributed by atoms with Gasteiger partial charge in [-0.05, 0) is 58.1 Å². The molecule has 2 aromatic rings. The Morgan fingerprint density at radius 3 is 2.43 bits per heavy atom. The van der Waals surface area contributed by atoms with Gasteiger partial charge in [0.1, 0.15) is 5.82 Å². The Labute approximate surface area is 165 Å². The van der Waals surface area contributed by atoms with Crippen molar-refractivity contribution in [3.8, 4) is 5.69 Å². The molecule has 1 N–H and O–H groups in total. The van der Waals surface area contributed by atoms with E-state index in [1.54, 1.807) is 6.20 Å². The van der Waals surface area contributed by atoms with E-state index in [-0.39, 0.29) is 17.2 Å². The molecule has 148 valence electrons. The van der Waals surface area contributed by atoms with E-state index in [2.05, 4.69) is 4.98 Å². The fourth-order valence-corrected chi connectivity index (χ4v) is 3.82. The summed E-state index contributed by atoms with van der Waals surface area (Å²) >= 11 is 0. The first-order valence-corrected chi connectivity index (χ1v) is 9.68. The Hall–Kier alpha value is -2.32. The van der Waals surface area contributed by atoms with Crippen molar-refractivity contribution in [1.82, 2.24) is 14.5 Å². The number of likely N-dealkylation sites (tertiary alicyclic amines) is 1. The normalized spacial score (nSPS) is 23.4. The summed E-state index contributed by atoms with van der Waals surface area (Å²) in [5, 5.41) is 9.45. The summed E-state index contributed by atoms with van der Waals surface area (Å²) in [6, 6.07) is 7.75. The molecule has 2 aliphatic rings. The van der Waals surface area contributed by atoms with Crippen molar-refractivity contribution in [2.24, 2.45) is 0 Å². The second-order valence-corrected chi connectivity index (χ2v) is 8.47. The van der Waals surface area contributed by atoms with Crippen molar-refractivity contribution in [3.63, 3.8) is 0 Å². The molecule has 0 aliphatic carbocycles. The maximum absolute atomic E-state index is 11.5. The zero-order chi connectivity index (χ0) is 20.1. The summed E-state index contributed by atoms with van der Waals surface area (Å²) < 4.78 is 14.2. The highest BCUT2D eigenvalue weighted by atomic mass is 16.7. The molecule has 1 aromatic heterocycles. The van der Waals surface area contributed by atoms with E-state index in [0.29, 0.717) is 6.54 Å². The van der Waals surface area contributed by atoms with Gasteiger partial charge in [0.05, 0.1) is 17.2 Å². The summed E-state index contributed by atoms with van der Waals surface area (Å²) in [6.45, 7) is 8.70. The van der Waals surface area contributed by atoms with Crippen LogP contribution in [0.25, 0.3) is 5.69 Å². The maximum Gasteiger partial charge on any atom is 0.494 e. The standard InChI is InChI=1S/C20H26BN3O4/c1-19(2)20(3,4)28-21(27-19)14-7-9-15(10-8-14)23-13-11-22-17(23)16-6-5-12-24(16)18(25)26/h7-11,13,16H,5-6,12H2,1-4H3,(H,25,26)/t16-/m0/s1. The first-order valence-electron chi connectivity index (χ1n) is 9.68. The third-order valence-corrected chi connectivity index (χ3v) is 6.16. The molecule has 2 saturated heterocycles. The van der Waals surface area contributed by atoms with Crippen LogP contribution in [0.15, 0.2) is 36.7 Å². The highest BCUT2D eigenvalue weighted by Gasteiger charge is 2.51. The Bertz CT molecular complexity index is 862. The third-order valence-electron chi connectivity index (χ3n) is 6.16. The minimum Gasteiger partial charge on any atom is -0.465 e. The number of nitrogens with zero attached hydrogens (tertiary/aromatic N) is 3. The largest absolute Gasteiger partial charge is 0.494 e. The summed E-state index contributed by atoms with van der Waals surface area (Å²) in [4.78, 5) is 17.4. The molecule has 8 heteroatoms. The van der Waals surface area contributed by atoms with Gasteiger partial charge < -0.3 is 19.0 Å². The number of imidazole rings is 1. The highest BCUT2D eigenvalue weighted by Crippen LogP contribution is 2.36.